The lowest BCUT2D eigenvalue weighted by Crippen LogP contribution is -2.28. The lowest BCUT2D eigenvalue weighted by molar-refractivity contribution is -0.156. The Kier molecular flexibility index (Phi) is 13.7. The summed E-state index contributed by atoms with van der Waals surface area (Å²) < 4.78 is 18.3. The summed E-state index contributed by atoms with van der Waals surface area (Å²) in [7, 11) is 1.53. The Morgan fingerprint density at radius 3 is 2.18 bits per heavy atom. The summed E-state index contributed by atoms with van der Waals surface area (Å²) in [6.45, 7) is 9.09. The molecule has 8 nitrogen and oxygen atoms in total. The summed E-state index contributed by atoms with van der Waals surface area (Å²) in [5.41, 5.74) is 0.389. The maximum absolute atomic E-state index is 13.4. The van der Waals surface area contributed by atoms with Gasteiger partial charge in [0.1, 0.15) is 23.4 Å². The van der Waals surface area contributed by atoms with Crippen LogP contribution in [-0.4, -0.2) is 46.9 Å². The van der Waals surface area contributed by atoms with Crippen molar-refractivity contribution >= 4 is 11.9 Å². The van der Waals surface area contributed by atoms with Crippen LogP contribution < -0.4 is 4.74 Å². The molecule has 3 atom stereocenters. The van der Waals surface area contributed by atoms with Crippen LogP contribution in [0.5, 0.6) is 11.5 Å². The second-order valence-corrected chi connectivity index (χ2v) is 9.91. The van der Waals surface area contributed by atoms with Gasteiger partial charge in [0, 0.05) is 12.4 Å². The number of phenolic OH excluding ortho intramolecular Hbond substituents is 1. The minimum absolute atomic E-state index is 0.0136. The third-order valence-electron chi connectivity index (χ3n) is 7.11. The number of imidazole rings is 1. The number of aromatic hydroxyl groups is 1. The first-order chi connectivity index (χ1) is 18.4. The van der Waals surface area contributed by atoms with Crippen molar-refractivity contribution in [2.24, 2.45) is 11.8 Å². The first-order valence-corrected chi connectivity index (χ1v) is 14.1. The number of carbonyl (C=O) groups excluding carboxylic acids is 2. The van der Waals surface area contributed by atoms with Gasteiger partial charge in [-0.2, -0.15) is 0 Å². The van der Waals surface area contributed by atoms with E-state index in [1.165, 1.54) is 19.4 Å². The minimum Gasteiger partial charge on any atom is -0.507 e. The second-order valence-electron chi connectivity index (χ2n) is 9.91. The molecule has 1 heterocycles. The molecule has 0 fully saturated rings. The second kappa shape index (κ2) is 16.7. The number of hydrogen-bond acceptors (Lipinski definition) is 7. The molecule has 1 N–H and O–H groups in total. The maximum Gasteiger partial charge on any atom is 0.329 e. The zero-order valence-electron chi connectivity index (χ0n) is 23.8. The van der Waals surface area contributed by atoms with Gasteiger partial charge in [-0.15, -0.1) is 0 Å². The Labute approximate surface area is 227 Å². The van der Waals surface area contributed by atoms with Gasteiger partial charge in [-0.3, -0.25) is 4.79 Å². The van der Waals surface area contributed by atoms with E-state index in [1.54, 1.807) is 22.9 Å². The summed E-state index contributed by atoms with van der Waals surface area (Å²) in [5.74, 6) is 0.436. The predicted octanol–water partition coefficient (Wildman–Crippen LogP) is 6.71. The smallest absolute Gasteiger partial charge is 0.329 e. The zero-order chi connectivity index (χ0) is 27.9. The number of phenols is 1. The van der Waals surface area contributed by atoms with E-state index in [0.29, 0.717) is 36.3 Å². The third kappa shape index (κ3) is 9.37. The van der Waals surface area contributed by atoms with Crippen LogP contribution in [0.2, 0.25) is 0 Å². The van der Waals surface area contributed by atoms with E-state index in [0.717, 1.165) is 51.4 Å². The number of hydrogen-bond donors (Lipinski definition) is 1. The van der Waals surface area contributed by atoms with E-state index in [9.17, 15) is 14.7 Å². The van der Waals surface area contributed by atoms with Crippen LogP contribution in [0.15, 0.2) is 30.6 Å². The Bertz CT molecular complexity index is 989. The SMILES string of the molecule is CCCCC(CC)COC(=O)CC(C(=O)OCC(CC)CCCC)n1ccnc1-c1cc(OC)ccc1O. The molecule has 0 saturated carbocycles. The summed E-state index contributed by atoms with van der Waals surface area (Å²) in [4.78, 5) is 30.8. The molecule has 0 amide bonds. The molecule has 0 radical (unpaired) electrons. The van der Waals surface area contributed by atoms with Gasteiger partial charge in [0.2, 0.25) is 0 Å². The number of nitrogens with zero attached hydrogens (tertiary/aromatic N) is 2. The molecule has 2 rings (SSSR count). The molecular formula is C30H46N2O6. The largest absolute Gasteiger partial charge is 0.507 e. The molecule has 0 aliphatic rings. The van der Waals surface area contributed by atoms with Crippen molar-refractivity contribution in [3.63, 3.8) is 0 Å². The minimum atomic E-state index is -0.981. The fourth-order valence-electron chi connectivity index (χ4n) is 4.41. The number of ether oxygens (including phenoxy) is 3. The topological polar surface area (TPSA) is 99.9 Å². The predicted molar refractivity (Wildman–Crippen MR) is 148 cm³/mol. The fraction of sp³-hybridized carbons (Fsp3) is 0.633. The number of carbonyl (C=O) groups is 2. The van der Waals surface area contributed by atoms with Gasteiger partial charge in [-0.25, -0.2) is 9.78 Å². The molecular weight excluding hydrogens is 484 g/mol. The standard InChI is InChI=1S/C30H46N2O6/c1-6-10-12-22(8-3)20-37-28(34)19-26(30(35)38-21-23(9-4)13-11-7-2)32-17-16-31-29(32)25-18-24(36-5)14-15-27(25)33/h14-18,22-23,26,33H,6-13,19-21H2,1-5H3. The molecule has 2 aromatic rings. The van der Waals surface area contributed by atoms with E-state index in [2.05, 4.69) is 32.7 Å². The lowest BCUT2D eigenvalue weighted by atomic mass is 10.0. The van der Waals surface area contributed by atoms with Crippen LogP contribution in [-0.2, 0) is 19.1 Å². The zero-order valence-corrected chi connectivity index (χ0v) is 23.8. The van der Waals surface area contributed by atoms with E-state index in [1.807, 2.05) is 0 Å². The summed E-state index contributed by atoms with van der Waals surface area (Å²) in [5, 5.41) is 10.5. The molecule has 1 aromatic carbocycles. The van der Waals surface area contributed by atoms with Crippen molar-refractivity contribution in [2.45, 2.75) is 91.5 Å². The number of benzene rings is 1. The summed E-state index contributed by atoms with van der Waals surface area (Å²) in [6, 6.07) is 3.81. The number of unbranched alkanes of at least 4 members (excludes halogenated alkanes) is 2. The molecule has 8 heteroatoms. The molecule has 212 valence electrons. The molecule has 0 spiro atoms. The number of aromatic nitrogens is 2. The Morgan fingerprint density at radius 1 is 0.974 bits per heavy atom. The Hall–Kier alpha value is -3.03. The number of methoxy groups -OCH3 is 1. The molecule has 0 bridgehead atoms. The molecule has 1 aromatic heterocycles. The van der Waals surface area contributed by atoms with Crippen LogP contribution in [0.25, 0.3) is 11.4 Å². The normalized spacial score (nSPS) is 13.5. The van der Waals surface area contributed by atoms with Gasteiger partial charge in [-0.05, 0) is 42.9 Å². The average molecular weight is 531 g/mol. The number of esters is 2. The highest BCUT2D eigenvalue weighted by Gasteiger charge is 2.30. The summed E-state index contributed by atoms with van der Waals surface area (Å²) in [6.07, 6.45) is 11.1. The van der Waals surface area contributed by atoms with E-state index in [-0.39, 0.29) is 18.1 Å². The summed E-state index contributed by atoms with van der Waals surface area (Å²) >= 11 is 0. The molecule has 0 aliphatic carbocycles. The molecule has 0 saturated heterocycles. The monoisotopic (exact) mass is 530 g/mol. The van der Waals surface area contributed by atoms with Crippen molar-refractivity contribution in [3.05, 3.63) is 30.6 Å². The maximum atomic E-state index is 13.4. The highest BCUT2D eigenvalue weighted by molar-refractivity contribution is 5.82. The fourth-order valence-corrected chi connectivity index (χ4v) is 4.41. The van der Waals surface area contributed by atoms with Gasteiger partial charge in [0.15, 0.2) is 0 Å². The first kappa shape index (κ1) is 31.2. The highest BCUT2D eigenvalue weighted by Crippen LogP contribution is 2.34. The van der Waals surface area contributed by atoms with Crippen LogP contribution in [0.1, 0.15) is 91.5 Å². The van der Waals surface area contributed by atoms with Crippen LogP contribution in [0.4, 0.5) is 0 Å². The van der Waals surface area contributed by atoms with E-state index < -0.39 is 18.0 Å². The van der Waals surface area contributed by atoms with Crippen LogP contribution in [0, 0.1) is 11.8 Å². The van der Waals surface area contributed by atoms with Gasteiger partial charge in [0.05, 0.1) is 32.3 Å². The van der Waals surface area contributed by atoms with E-state index in [4.69, 9.17) is 14.2 Å². The molecule has 3 unspecified atom stereocenters. The van der Waals surface area contributed by atoms with E-state index >= 15 is 0 Å². The van der Waals surface area contributed by atoms with Gasteiger partial charge in [0.25, 0.3) is 0 Å². The van der Waals surface area contributed by atoms with Crippen molar-refractivity contribution in [2.75, 3.05) is 20.3 Å². The molecule has 38 heavy (non-hydrogen) atoms. The first-order valence-electron chi connectivity index (χ1n) is 14.1. The van der Waals surface area contributed by atoms with Crippen LogP contribution >= 0.6 is 0 Å². The third-order valence-corrected chi connectivity index (χ3v) is 7.11. The Balaban J connectivity index is 2.29. The van der Waals surface area contributed by atoms with Gasteiger partial charge < -0.3 is 23.9 Å². The lowest BCUT2D eigenvalue weighted by Gasteiger charge is -2.22. The van der Waals surface area contributed by atoms with Crippen molar-refractivity contribution < 1.29 is 28.9 Å². The molecule has 0 aliphatic heterocycles. The Morgan fingerprint density at radius 2 is 1.61 bits per heavy atom. The van der Waals surface area contributed by atoms with Crippen LogP contribution in [0.3, 0.4) is 0 Å². The highest BCUT2D eigenvalue weighted by atomic mass is 16.5. The van der Waals surface area contributed by atoms with Crippen molar-refractivity contribution in [1.29, 1.82) is 0 Å². The van der Waals surface area contributed by atoms with Crippen molar-refractivity contribution in [3.8, 4) is 22.9 Å². The number of rotatable bonds is 18. The van der Waals surface area contributed by atoms with Gasteiger partial charge >= 0.3 is 11.9 Å². The quantitative estimate of drug-likeness (QED) is 0.214. The van der Waals surface area contributed by atoms with Crippen molar-refractivity contribution in [1.82, 2.24) is 9.55 Å². The van der Waals surface area contributed by atoms with Gasteiger partial charge in [-0.1, -0.05) is 66.2 Å². The average Bonchev–Trinajstić information content (AvgIpc) is 3.41.